The summed E-state index contributed by atoms with van der Waals surface area (Å²) in [6.45, 7) is 2.60. The van der Waals surface area contributed by atoms with Crippen LogP contribution in [0.15, 0.2) is 42.5 Å². The maximum Gasteiger partial charge on any atom is 0.414 e. The van der Waals surface area contributed by atoms with Crippen LogP contribution in [0, 0.1) is 5.82 Å². The molecule has 0 bridgehead atoms. The van der Waals surface area contributed by atoms with E-state index in [9.17, 15) is 22.8 Å². The molecule has 2 fully saturated rings. The van der Waals surface area contributed by atoms with Crippen molar-refractivity contribution in [2.45, 2.75) is 38.3 Å². The second-order valence-electron chi connectivity index (χ2n) is 8.58. The highest BCUT2D eigenvalue weighted by Gasteiger charge is 2.35. The fourth-order valence-corrected chi connectivity index (χ4v) is 4.23. The minimum atomic E-state index is -2.64. The smallest absolute Gasteiger partial charge is 0.414 e. The Balaban J connectivity index is 1.42. The van der Waals surface area contributed by atoms with Gasteiger partial charge in [0.05, 0.1) is 25.3 Å². The van der Waals surface area contributed by atoms with Gasteiger partial charge < -0.3 is 10.1 Å². The Kier molecular flexibility index (Phi) is 6.60. The van der Waals surface area contributed by atoms with Gasteiger partial charge in [-0.3, -0.25) is 14.6 Å². The zero-order valence-electron chi connectivity index (χ0n) is 18.3. The third kappa shape index (κ3) is 5.65. The molecule has 1 N–H and O–H groups in total. The fraction of sp³-hybridized carbons (Fsp3) is 0.417. The molecule has 33 heavy (non-hydrogen) atoms. The first-order valence-electron chi connectivity index (χ1n) is 10.9. The lowest BCUT2D eigenvalue weighted by Crippen LogP contribution is -2.41. The number of hydrogen-bond acceptors (Lipinski definition) is 4. The van der Waals surface area contributed by atoms with E-state index in [0.717, 1.165) is 5.56 Å². The number of carbonyl (C=O) groups is 2. The van der Waals surface area contributed by atoms with Gasteiger partial charge in [0, 0.05) is 25.5 Å². The third-order valence-electron chi connectivity index (χ3n) is 5.86. The van der Waals surface area contributed by atoms with Crippen molar-refractivity contribution in [3.63, 3.8) is 0 Å². The van der Waals surface area contributed by atoms with Crippen LogP contribution in [0.25, 0.3) is 11.1 Å². The predicted molar refractivity (Wildman–Crippen MR) is 118 cm³/mol. The molecule has 2 amide bonds. The highest BCUT2D eigenvalue weighted by molar-refractivity contribution is 5.90. The van der Waals surface area contributed by atoms with E-state index < -0.39 is 23.9 Å². The zero-order valence-corrected chi connectivity index (χ0v) is 18.3. The molecule has 6 nitrogen and oxygen atoms in total. The molecule has 2 heterocycles. The molecular weight excluding hydrogens is 435 g/mol. The topological polar surface area (TPSA) is 61.9 Å². The van der Waals surface area contributed by atoms with Crippen molar-refractivity contribution < 1.29 is 27.5 Å². The van der Waals surface area contributed by atoms with E-state index in [4.69, 9.17) is 4.74 Å². The van der Waals surface area contributed by atoms with Crippen LogP contribution in [0.3, 0.4) is 0 Å². The van der Waals surface area contributed by atoms with Gasteiger partial charge >= 0.3 is 6.09 Å². The summed E-state index contributed by atoms with van der Waals surface area (Å²) in [5, 5.41) is 2.60. The molecule has 0 aromatic heterocycles. The summed E-state index contributed by atoms with van der Waals surface area (Å²) in [7, 11) is 0. The minimum Gasteiger partial charge on any atom is -0.442 e. The standard InChI is InChI=1S/C24H26F3N3O3/c1-16(31)28-12-20-14-30(23(32)33-20)19-7-8-21(22(25)11-19)18-5-3-17(4-6-18)13-29-10-2-9-24(26,27)15-29/h3-8,11,20H,2,9-10,12-15H2,1H3,(H,28,31). The van der Waals surface area contributed by atoms with Crippen molar-refractivity contribution in [1.82, 2.24) is 10.2 Å². The molecule has 2 aliphatic rings. The molecule has 2 saturated heterocycles. The molecule has 4 rings (SSSR count). The van der Waals surface area contributed by atoms with Crippen LogP contribution in [0.2, 0.25) is 0 Å². The van der Waals surface area contributed by atoms with Crippen molar-refractivity contribution in [2.75, 3.05) is 31.1 Å². The molecular formula is C24H26F3N3O3. The number of cyclic esters (lactones) is 1. The van der Waals surface area contributed by atoms with Crippen LogP contribution < -0.4 is 10.2 Å². The van der Waals surface area contributed by atoms with Gasteiger partial charge in [0.1, 0.15) is 11.9 Å². The highest BCUT2D eigenvalue weighted by atomic mass is 19.3. The summed E-state index contributed by atoms with van der Waals surface area (Å²) in [6, 6.07) is 11.7. The van der Waals surface area contributed by atoms with E-state index in [1.165, 1.54) is 17.9 Å². The predicted octanol–water partition coefficient (Wildman–Crippen LogP) is 4.19. The van der Waals surface area contributed by atoms with Gasteiger partial charge in [-0.1, -0.05) is 24.3 Å². The number of amides is 2. The van der Waals surface area contributed by atoms with Crippen LogP contribution in [0.4, 0.5) is 23.7 Å². The Hall–Kier alpha value is -3.07. The lowest BCUT2D eigenvalue weighted by Gasteiger charge is -2.32. The van der Waals surface area contributed by atoms with Gasteiger partial charge in [-0.25, -0.2) is 18.0 Å². The molecule has 0 aliphatic carbocycles. The van der Waals surface area contributed by atoms with Gasteiger partial charge in [0.15, 0.2) is 0 Å². The van der Waals surface area contributed by atoms with E-state index in [-0.39, 0.29) is 32.0 Å². The van der Waals surface area contributed by atoms with Crippen LogP contribution in [0.1, 0.15) is 25.3 Å². The number of alkyl halides is 2. The van der Waals surface area contributed by atoms with E-state index >= 15 is 0 Å². The summed E-state index contributed by atoms with van der Waals surface area (Å²) in [4.78, 5) is 26.3. The van der Waals surface area contributed by atoms with Crippen LogP contribution in [-0.4, -0.2) is 55.1 Å². The van der Waals surface area contributed by atoms with Gasteiger partial charge in [0.25, 0.3) is 5.92 Å². The molecule has 2 aliphatic heterocycles. The number of rotatable bonds is 6. The van der Waals surface area contributed by atoms with Crippen molar-refractivity contribution in [2.24, 2.45) is 0 Å². The van der Waals surface area contributed by atoms with Crippen molar-refractivity contribution in [3.8, 4) is 11.1 Å². The Morgan fingerprint density at radius 1 is 1.21 bits per heavy atom. The summed E-state index contributed by atoms with van der Waals surface area (Å²) in [5.74, 6) is -3.36. The molecule has 2 aromatic rings. The average Bonchev–Trinajstić information content (AvgIpc) is 3.13. The van der Waals surface area contributed by atoms with Crippen molar-refractivity contribution in [1.29, 1.82) is 0 Å². The van der Waals surface area contributed by atoms with Crippen molar-refractivity contribution in [3.05, 3.63) is 53.8 Å². The number of ether oxygens (including phenoxy) is 1. The van der Waals surface area contributed by atoms with Crippen LogP contribution in [-0.2, 0) is 16.1 Å². The summed E-state index contributed by atoms with van der Waals surface area (Å²) < 4.78 is 47.4. The largest absolute Gasteiger partial charge is 0.442 e. The molecule has 9 heteroatoms. The average molecular weight is 461 g/mol. The van der Waals surface area contributed by atoms with Gasteiger partial charge in [-0.15, -0.1) is 0 Å². The summed E-state index contributed by atoms with van der Waals surface area (Å²) >= 11 is 0. The van der Waals surface area contributed by atoms with Gasteiger partial charge in [-0.05, 0) is 42.3 Å². The van der Waals surface area contributed by atoms with Crippen molar-refractivity contribution >= 4 is 17.7 Å². The summed E-state index contributed by atoms with van der Waals surface area (Å²) in [5.41, 5.74) is 2.28. The summed E-state index contributed by atoms with van der Waals surface area (Å²) in [6.07, 6.45) is -0.689. The minimum absolute atomic E-state index is 0.0666. The van der Waals surface area contributed by atoms with E-state index in [1.54, 1.807) is 29.2 Å². The number of hydrogen-bond donors (Lipinski definition) is 1. The number of nitrogens with one attached hydrogen (secondary N) is 1. The number of anilines is 1. The number of nitrogens with zero attached hydrogens (tertiary/aromatic N) is 2. The first-order chi connectivity index (χ1) is 15.7. The normalized spacial score (nSPS) is 20.5. The molecule has 1 unspecified atom stereocenters. The van der Waals surface area contributed by atoms with Gasteiger partial charge in [-0.2, -0.15) is 0 Å². The van der Waals surface area contributed by atoms with E-state index in [0.29, 0.717) is 36.3 Å². The molecule has 176 valence electrons. The Labute approximate surface area is 190 Å². The maximum atomic E-state index is 14.9. The molecule has 0 saturated carbocycles. The maximum absolute atomic E-state index is 14.9. The number of piperidine rings is 1. The Morgan fingerprint density at radius 3 is 2.64 bits per heavy atom. The number of carbonyl (C=O) groups excluding carboxylic acids is 2. The third-order valence-corrected chi connectivity index (χ3v) is 5.86. The molecule has 1 atom stereocenters. The second-order valence-corrected chi connectivity index (χ2v) is 8.58. The zero-order chi connectivity index (χ0) is 23.6. The SMILES string of the molecule is CC(=O)NCC1CN(c2ccc(-c3ccc(CN4CCCC(F)(F)C4)cc3)c(F)c2)C(=O)O1. The lowest BCUT2D eigenvalue weighted by atomic mass is 10.0. The Bertz CT molecular complexity index is 1030. The molecule has 0 radical (unpaired) electrons. The first-order valence-corrected chi connectivity index (χ1v) is 10.9. The molecule has 2 aromatic carbocycles. The first kappa shape index (κ1) is 23.1. The highest BCUT2D eigenvalue weighted by Crippen LogP contribution is 2.30. The monoisotopic (exact) mass is 461 g/mol. The number of halogens is 3. The van der Waals surface area contributed by atoms with E-state index in [2.05, 4.69) is 5.32 Å². The van der Waals surface area contributed by atoms with Crippen LogP contribution in [0.5, 0.6) is 0 Å². The number of benzene rings is 2. The fourth-order valence-electron chi connectivity index (χ4n) is 4.23. The lowest BCUT2D eigenvalue weighted by molar-refractivity contribution is -0.119. The number of likely N-dealkylation sites (tertiary alicyclic amines) is 1. The van der Waals surface area contributed by atoms with Crippen LogP contribution >= 0.6 is 0 Å². The van der Waals surface area contributed by atoms with Gasteiger partial charge in [0.2, 0.25) is 5.91 Å². The quantitative estimate of drug-likeness (QED) is 0.701. The van der Waals surface area contributed by atoms with E-state index in [1.807, 2.05) is 12.1 Å². The Morgan fingerprint density at radius 2 is 1.97 bits per heavy atom. The second kappa shape index (κ2) is 9.43. The molecule has 0 spiro atoms.